The second-order valence-electron chi connectivity index (χ2n) is 8.41. The third kappa shape index (κ3) is 7.88. The molecule has 182 valence electrons. The third-order valence-electron chi connectivity index (χ3n) is 4.74. The van der Waals surface area contributed by atoms with Crippen molar-refractivity contribution in [3.8, 4) is 5.75 Å². The van der Waals surface area contributed by atoms with Crippen molar-refractivity contribution in [3.05, 3.63) is 63.7 Å². The first-order chi connectivity index (χ1) is 16.0. The number of carbonyl (C=O) groups excluding carboxylic acids is 3. The molecule has 0 saturated carbocycles. The Balaban J connectivity index is 1.78. The lowest BCUT2D eigenvalue weighted by Crippen LogP contribution is -2.28. The van der Waals surface area contributed by atoms with Gasteiger partial charge in [-0.25, -0.2) is 0 Å². The minimum absolute atomic E-state index is 0.0249. The number of anilines is 1. The highest BCUT2D eigenvalue weighted by Crippen LogP contribution is 2.29. The highest BCUT2D eigenvalue weighted by Gasteiger charge is 2.18. The fraction of sp³-hybridized carbons (Fsp3) is 0.375. The number of hydrogen-bond acceptors (Lipinski definition) is 7. The summed E-state index contributed by atoms with van der Waals surface area (Å²) in [5, 5.41) is 16.2. The standard InChI is InChI=1S/C24H29N3O7/c1-5-33-18-10-11-19(20(14-18)27(31)32)26-21(28)15-34-22(29)12-13-25-23(30)16-6-8-17(9-7-16)24(2,3)4/h6-11,14H,5,12-13,15H2,1-4H3,(H,25,30)(H,26,28). The van der Waals surface area contributed by atoms with Crippen LogP contribution in [0.25, 0.3) is 0 Å². The molecule has 0 aromatic heterocycles. The molecule has 0 fully saturated rings. The largest absolute Gasteiger partial charge is 0.494 e. The molecule has 0 aliphatic carbocycles. The van der Waals surface area contributed by atoms with Gasteiger partial charge in [0.15, 0.2) is 6.61 Å². The molecule has 0 spiro atoms. The van der Waals surface area contributed by atoms with Crippen LogP contribution in [0.4, 0.5) is 11.4 Å². The van der Waals surface area contributed by atoms with Crippen molar-refractivity contribution in [2.45, 2.75) is 39.5 Å². The third-order valence-corrected chi connectivity index (χ3v) is 4.74. The normalized spacial score (nSPS) is 10.8. The lowest BCUT2D eigenvalue weighted by Gasteiger charge is -2.19. The van der Waals surface area contributed by atoms with Crippen LogP contribution >= 0.6 is 0 Å². The Labute approximate surface area is 197 Å². The summed E-state index contributed by atoms with van der Waals surface area (Å²) >= 11 is 0. The number of rotatable bonds is 10. The van der Waals surface area contributed by atoms with E-state index in [0.29, 0.717) is 17.9 Å². The van der Waals surface area contributed by atoms with Gasteiger partial charge in [-0.15, -0.1) is 0 Å². The van der Waals surface area contributed by atoms with Crippen molar-refractivity contribution >= 4 is 29.2 Å². The number of carbonyl (C=O) groups is 3. The van der Waals surface area contributed by atoms with Gasteiger partial charge in [0.2, 0.25) is 0 Å². The summed E-state index contributed by atoms with van der Waals surface area (Å²) < 4.78 is 10.1. The molecule has 2 rings (SSSR count). The Hall–Kier alpha value is -3.95. The van der Waals surface area contributed by atoms with E-state index in [2.05, 4.69) is 31.4 Å². The van der Waals surface area contributed by atoms with Crippen molar-refractivity contribution < 1.29 is 28.8 Å². The van der Waals surface area contributed by atoms with Gasteiger partial charge in [-0.05, 0) is 42.2 Å². The monoisotopic (exact) mass is 471 g/mol. The predicted molar refractivity (Wildman–Crippen MR) is 126 cm³/mol. The smallest absolute Gasteiger partial charge is 0.308 e. The first-order valence-corrected chi connectivity index (χ1v) is 10.8. The minimum Gasteiger partial charge on any atom is -0.494 e. The van der Waals surface area contributed by atoms with Crippen LogP contribution in [0, 0.1) is 10.1 Å². The molecule has 2 aromatic carbocycles. The van der Waals surface area contributed by atoms with E-state index in [1.807, 2.05) is 12.1 Å². The van der Waals surface area contributed by atoms with E-state index < -0.39 is 23.4 Å². The van der Waals surface area contributed by atoms with Crippen LogP contribution in [0.15, 0.2) is 42.5 Å². The highest BCUT2D eigenvalue weighted by molar-refractivity contribution is 5.95. The number of ether oxygens (including phenoxy) is 2. The quantitative estimate of drug-likeness (QED) is 0.307. The zero-order valence-corrected chi connectivity index (χ0v) is 19.7. The maximum atomic E-state index is 12.2. The molecule has 2 aromatic rings. The molecule has 0 bridgehead atoms. The zero-order chi connectivity index (χ0) is 25.3. The van der Waals surface area contributed by atoms with Gasteiger partial charge >= 0.3 is 5.97 Å². The molecule has 0 atom stereocenters. The lowest BCUT2D eigenvalue weighted by atomic mass is 9.87. The molecular weight excluding hydrogens is 442 g/mol. The van der Waals surface area contributed by atoms with E-state index in [1.54, 1.807) is 19.1 Å². The SMILES string of the molecule is CCOc1ccc(NC(=O)COC(=O)CCNC(=O)c2ccc(C(C)(C)C)cc2)c([N+](=O)[O-])c1. The maximum absolute atomic E-state index is 12.2. The average molecular weight is 472 g/mol. The Morgan fingerprint density at radius 1 is 1.06 bits per heavy atom. The Kier molecular flexibility index (Phi) is 9.11. The fourth-order valence-corrected chi connectivity index (χ4v) is 2.93. The van der Waals surface area contributed by atoms with Crippen LogP contribution < -0.4 is 15.4 Å². The van der Waals surface area contributed by atoms with Crippen molar-refractivity contribution in [2.24, 2.45) is 0 Å². The van der Waals surface area contributed by atoms with E-state index >= 15 is 0 Å². The van der Waals surface area contributed by atoms with E-state index in [-0.39, 0.29) is 35.7 Å². The zero-order valence-electron chi connectivity index (χ0n) is 19.7. The molecule has 2 amide bonds. The van der Waals surface area contributed by atoms with E-state index in [1.165, 1.54) is 18.2 Å². The van der Waals surface area contributed by atoms with Crippen molar-refractivity contribution in [3.63, 3.8) is 0 Å². The molecule has 0 heterocycles. The molecule has 10 heteroatoms. The molecule has 34 heavy (non-hydrogen) atoms. The molecule has 0 aliphatic rings. The summed E-state index contributed by atoms with van der Waals surface area (Å²) in [5.41, 5.74) is 1.16. The first kappa shape index (κ1) is 26.3. The van der Waals surface area contributed by atoms with E-state index in [4.69, 9.17) is 9.47 Å². The summed E-state index contributed by atoms with van der Waals surface area (Å²) in [5.74, 6) is -1.46. The number of nitrogens with one attached hydrogen (secondary N) is 2. The number of nitro groups is 1. The summed E-state index contributed by atoms with van der Waals surface area (Å²) in [6, 6.07) is 11.2. The minimum atomic E-state index is -0.733. The Bertz CT molecular complexity index is 1040. The van der Waals surface area contributed by atoms with Crippen LogP contribution in [0.3, 0.4) is 0 Å². The van der Waals surface area contributed by atoms with Crippen LogP contribution in [0.1, 0.15) is 50.0 Å². The average Bonchev–Trinajstić information content (AvgIpc) is 2.78. The molecule has 10 nitrogen and oxygen atoms in total. The van der Waals surface area contributed by atoms with Gasteiger partial charge in [0.25, 0.3) is 17.5 Å². The van der Waals surface area contributed by atoms with E-state index in [0.717, 1.165) is 5.56 Å². The first-order valence-electron chi connectivity index (χ1n) is 10.8. The van der Waals surface area contributed by atoms with Gasteiger partial charge in [0, 0.05) is 12.1 Å². The molecule has 0 radical (unpaired) electrons. The number of hydrogen-bond donors (Lipinski definition) is 2. The molecular formula is C24H29N3O7. The molecule has 0 saturated heterocycles. The summed E-state index contributed by atoms with van der Waals surface area (Å²) in [7, 11) is 0. The highest BCUT2D eigenvalue weighted by atomic mass is 16.6. The molecule has 0 unspecified atom stereocenters. The van der Waals surface area contributed by atoms with Crippen LogP contribution in [-0.4, -0.2) is 42.5 Å². The number of nitrogens with zero attached hydrogens (tertiary/aromatic N) is 1. The number of amides is 2. The van der Waals surface area contributed by atoms with Crippen LogP contribution in [-0.2, 0) is 19.7 Å². The molecule has 2 N–H and O–H groups in total. The lowest BCUT2D eigenvalue weighted by molar-refractivity contribution is -0.384. The summed E-state index contributed by atoms with van der Waals surface area (Å²) in [6.45, 7) is 7.72. The summed E-state index contributed by atoms with van der Waals surface area (Å²) in [6.07, 6.45) is -0.137. The topological polar surface area (TPSA) is 137 Å². The van der Waals surface area contributed by atoms with Crippen molar-refractivity contribution in [1.29, 1.82) is 0 Å². The van der Waals surface area contributed by atoms with Gasteiger partial charge in [-0.1, -0.05) is 32.9 Å². The van der Waals surface area contributed by atoms with Gasteiger partial charge < -0.3 is 20.1 Å². The summed E-state index contributed by atoms with van der Waals surface area (Å²) in [4.78, 5) is 46.8. The van der Waals surface area contributed by atoms with Crippen molar-refractivity contribution in [1.82, 2.24) is 5.32 Å². The number of nitro benzene ring substituents is 1. The number of esters is 1. The van der Waals surface area contributed by atoms with Gasteiger partial charge in [0.05, 0.1) is 24.0 Å². The Morgan fingerprint density at radius 2 is 1.74 bits per heavy atom. The van der Waals surface area contributed by atoms with Crippen molar-refractivity contribution in [2.75, 3.05) is 25.1 Å². The maximum Gasteiger partial charge on any atom is 0.308 e. The second-order valence-corrected chi connectivity index (χ2v) is 8.41. The molecule has 0 aliphatic heterocycles. The van der Waals surface area contributed by atoms with Crippen LogP contribution in [0.5, 0.6) is 5.75 Å². The number of benzene rings is 2. The van der Waals surface area contributed by atoms with Gasteiger partial charge in [-0.3, -0.25) is 24.5 Å². The second kappa shape index (κ2) is 11.8. The van der Waals surface area contributed by atoms with E-state index in [9.17, 15) is 24.5 Å². The van der Waals surface area contributed by atoms with Gasteiger partial charge in [0.1, 0.15) is 11.4 Å². The van der Waals surface area contributed by atoms with Crippen LogP contribution in [0.2, 0.25) is 0 Å². The Morgan fingerprint density at radius 3 is 2.32 bits per heavy atom. The fourth-order valence-electron chi connectivity index (χ4n) is 2.93. The van der Waals surface area contributed by atoms with Gasteiger partial charge in [-0.2, -0.15) is 0 Å². The predicted octanol–water partition coefficient (Wildman–Crippen LogP) is 3.59.